The molecule has 0 radical (unpaired) electrons. The summed E-state index contributed by atoms with van der Waals surface area (Å²) < 4.78 is 5.28. The minimum Gasteiger partial charge on any atom is -0.497 e. The molecule has 2 heterocycles. The number of nitrogens with zero attached hydrogens (tertiary/aromatic N) is 2. The van der Waals surface area contributed by atoms with Gasteiger partial charge in [0.25, 0.3) is 0 Å². The van der Waals surface area contributed by atoms with E-state index in [4.69, 9.17) is 16.3 Å². The molecule has 2 aromatic heterocycles. The van der Waals surface area contributed by atoms with E-state index in [1.807, 2.05) is 42.6 Å². The molecule has 0 atom stereocenters. The number of nitrogens with one attached hydrogen (secondary N) is 1. The first-order valence-electron chi connectivity index (χ1n) is 7.45. The molecule has 0 bridgehead atoms. The highest BCUT2D eigenvalue weighted by Gasteiger charge is 2.14. The lowest BCUT2D eigenvalue weighted by atomic mass is 10.1. The molecule has 1 N–H and O–H groups in total. The van der Waals surface area contributed by atoms with Crippen LogP contribution in [0.3, 0.4) is 0 Å². The highest BCUT2D eigenvalue weighted by atomic mass is 35.5. The molecule has 24 heavy (non-hydrogen) atoms. The zero-order valence-corrected chi connectivity index (χ0v) is 14.5. The van der Waals surface area contributed by atoms with Crippen molar-refractivity contribution in [3.63, 3.8) is 0 Å². The molecule has 0 saturated heterocycles. The standard InChI is InChI=1S/C18H14ClN3OS/c1-23-12-5-2-4-11(8-12)9-13-10-20-18(24-13)17-14-6-3-7-15(19)16(14)21-22-17/h2-8,10H,9H2,1H3,(H,21,22). The van der Waals surface area contributed by atoms with Gasteiger partial charge in [0.1, 0.15) is 16.5 Å². The van der Waals surface area contributed by atoms with Gasteiger partial charge >= 0.3 is 0 Å². The molecule has 0 aliphatic carbocycles. The second kappa shape index (κ2) is 6.26. The van der Waals surface area contributed by atoms with E-state index >= 15 is 0 Å². The van der Waals surface area contributed by atoms with Crippen LogP contribution in [-0.4, -0.2) is 22.3 Å². The SMILES string of the molecule is COc1cccc(Cc2cnc(-c3n[nH]c4c(Cl)cccc34)s2)c1. The number of halogens is 1. The second-order valence-corrected chi connectivity index (χ2v) is 6.92. The third-order valence-corrected chi connectivity index (χ3v) is 5.14. The van der Waals surface area contributed by atoms with E-state index in [0.29, 0.717) is 5.02 Å². The van der Waals surface area contributed by atoms with Crippen LogP contribution in [0.4, 0.5) is 0 Å². The van der Waals surface area contributed by atoms with E-state index in [9.17, 15) is 0 Å². The summed E-state index contributed by atoms with van der Waals surface area (Å²) in [5.74, 6) is 0.866. The number of aromatic nitrogens is 3. The monoisotopic (exact) mass is 355 g/mol. The minimum absolute atomic E-state index is 0.666. The number of para-hydroxylation sites is 1. The molecular formula is C18H14ClN3OS. The van der Waals surface area contributed by atoms with Crippen LogP contribution in [0, 0.1) is 0 Å². The van der Waals surface area contributed by atoms with Crippen LogP contribution >= 0.6 is 22.9 Å². The summed E-state index contributed by atoms with van der Waals surface area (Å²) in [6, 6.07) is 13.9. The number of H-pyrrole nitrogens is 1. The first-order valence-corrected chi connectivity index (χ1v) is 8.64. The molecule has 120 valence electrons. The summed E-state index contributed by atoms with van der Waals surface area (Å²) in [6.45, 7) is 0. The summed E-state index contributed by atoms with van der Waals surface area (Å²) in [7, 11) is 1.68. The quantitative estimate of drug-likeness (QED) is 0.564. The fourth-order valence-electron chi connectivity index (χ4n) is 2.65. The predicted molar refractivity (Wildman–Crippen MR) is 98.0 cm³/mol. The Bertz CT molecular complexity index is 1010. The number of hydrogen-bond donors (Lipinski definition) is 1. The summed E-state index contributed by atoms with van der Waals surface area (Å²) in [5, 5.41) is 9.94. The molecule has 4 nitrogen and oxygen atoms in total. The Morgan fingerprint density at radius 3 is 2.96 bits per heavy atom. The van der Waals surface area contributed by atoms with Crippen molar-refractivity contribution in [3.8, 4) is 16.5 Å². The number of thiazole rings is 1. The Morgan fingerprint density at radius 2 is 2.08 bits per heavy atom. The fraction of sp³-hybridized carbons (Fsp3) is 0.111. The van der Waals surface area contributed by atoms with E-state index in [1.165, 1.54) is 10.4 Å². The van der Waals surface area contributed by atoms with Gasteiger partial charge in [0.05, 0.1) is 17.6 Å². The molecule has 0 saturated carbocycles. The van der Waals surface area contributed by atoms with E-state index in [-0.39, 0.29) is 0 Å². The zero-order chi connectivity index (χ0) is 16.5. The Hall–Kier alpha value is -2.37. The summed E-state index contributed by atoms with van der Waals surface area (Å²) in [5.41, 5.74) is 2.88. The molecule has 2 aromatic carbocycles. The number of rotatable bonds is 4. The van der Waals surface area contributed by atoms with Crippen LogP contribution in [0.15, 0.2) is 48.7 Å². The van der Waals surface area contributed by atoms with Gasteiger partial charge in [-0.15, -0.1) is 11.3 Å². The topological polar surface area (TPSA) is 50.8 Å². The Labute approximate surface area is 148 Å². The smallest absolute Gasteiger partial charge is 0.144 e. The molecule has 0 amide bonds. The van der Waals surface area contributed by atoms with Crippen molar-refractivity contribution in [2.24, 2.45) is 0 Å². The van der Waals surface area contributed by atoms with Gasteiger partial charge in [-0.05, 0) is 23.8 Å². The van der Waals surface area contributed by atoms with Gasteiger partial charge in [-0.2, -0.15) is 5.10 Å². The minimum atomic E-state index is 0.666. The lowest BCUT2D eigenvalue weighted by molar-refractivity contribution is 0.414. The lowest BCUT2D eigenvalue weighted by Crippen LogP contribution is -1.87. The third-order valence-electron chi connectivity index (χ3n) is 3.82. The van der Waals surface area contributed by atoms with Crippen LogP contribution in [0.5, 0.6) is 5.75 Å². The third kappa shape index (κ3) is 2.77. The highest BCUT2D eigenvalue weighted by molar-refractivity contribution is 7.15. The average molecular weight is 356 g/mol. The molecule has 0 aliphatic heterocycles. The average Bonchev–Trinajstić information content (AvgIpc) is 3.22. The molecule has 6 heteroatoms. The van der Waals surface area contributed by atoms with Crippen molar-refractivity contribution in [1.82, 2.24) is 15.2 Å². The second-order valence-electron chi connectivity index (χ2n) is 5.39. The van der Waals surface area contributed by atoms with E-state index < -0.39 is 0 Å². The van der Waals surface area contributed by atoms with Crippen LogP contribution in [0.1, 0.15) is 10.4 Å². The summed E-state index contributed by atoms with van der Waals surface area (Å²) >= 11 is 7.84. The number of methoxy groups -OCH3 is 1. The van der Waals surface area contributed by atoms with Gasteiger partial charge in [0.15, 0.2) is 0 Å². The number of fused-ring (bicyclic) bond motifs is 1. The van der Waals surface area contributed by atoms with Gasteiger partial charge in [0.2, 0.25) is 0 Å². The number of aromatic amines is 1. The first kappa shape index (κ1) is 15.2. The molecule has 4 aromatic rings. The van der Waals surface area contributed by atoms with Crippen LogP contribution < -0.4 is 4.74 Å². The Kier molecular flexibility index (Phi) is 3.96. The zero-order valence-electron chi connectivity index (χ0n) is 12.9. The molecule has 0 aliphatic rings. The normalized spacial score (nSPS) is 11.1. The maximum absolute atomic E-state index is 6.20. The van der Waals surface area contributed by atoms with Crippen molar-refractivity contribution >= 4 is 33.8 Å². The van der Waals surface area contributed by atoms with E-state index in [2.05, 4.69) is 21.2 Å². The Balaban J connectivity index is 1.65. The lowest BCUT2D eigenvalue weighted by Gasteiger charge is -2.02. The maximum Gasteiger partial charge on any atom is 0.144 e. The van der Waals surface area contributed by atoms with E-state index in [0.717, 1.165) is 33.8 Å². The summed E-state index contributed by atoms with van der Waals surface area (Å²) in [6.07, 6.45) is 2.72. The van der Waals surface area contributed by atoms with Crippen molar-refractivity contribution in [2.75, 3.05) is 7.11 Å². The van der Waals surface area contributed by atoms with Crippen LogP contribution in [-0.2, 0) is 6.42 Å². The largest absolute Gasteiger partial charge is 0.497 e. The molecule has 0 unspecified atom stereocenters. The van der Waals surface area contributed by atoms with Crippen LogP contribution in [0.25, 0.3) is 21.6 Å². The van der Waals surface area contributed by atoms with Gasteiger partial charge in [-0.25, -0.2) is 4.98 Å². The maximum atomic E-state index is 6.20. The predicted octanol–water partition coefficient (Wildman–Crippen LogP) is 4.94. The highest BCUT2D eigenvalue weighted by Crippen LogP contribution is 2.33. The van der Waals surface area contributed by atoms with Gasteiger partial charge in [0, 0.05) is 22.9 Å². The molecule has 0 fully saturated rings. The van der Waals surface area contributed by atoms with E-state index in [1.54, 1.807) is 18.4 Å². The fourth-order valence-corrected chi connectivity index (χ4v) is 3.82. The molecule has 4 rings (SSSR count). The number of ether oxygens (including phenoxy) is 1. The van der Waals surface area contributed by atoms with Crippen LogP contribution in [0.2, 0.25) is 5.02 Å². The Morgan fingerprint density at radius 1 is 1.21 bits per heavy atom. The summed E-state index contributed by atoms with van der Waals surface area (Å²) in [4.78, 5) is 5.72. The first-order chi connectivity index (χ1) is 11.7. The van der Waals surface area contributed by atoms with Gasteiger partial charge < -0.3 is 4.74 Å². The van der Waals surface area contributed by atoms with Gasteiger partial charge in [-0.3, -0.25) is 5.10 Å². The molecule has 0 spiro atoms. The number of benzene rings is 2. The van der Waals surface area contributed by atoms with Crippen molar-refractivity contribution in [1.29, 1.82) is 0 Å². The van der Waals surface area contributed by atoms with Crippen molar-refractivity contribution in [2.45, 2.75) is 6.42 Å². The number of hydrogen-bond acceptors (Lipinski definition) is 4. The van der Waals surface area contributed by atoms with Crippen molar-refractivity contribution < 1.29 is 4.74 Å². The molecular weight excluding hydrogens is 342 g/mol. The van der Waals surface area contributed by atoms with Crippen molar-refractivity contribution in [3.05, 3.63) is 64.1 Å². The van der Waals surface area contributed by atoms with Gasteiger partial charge in [-0.1, -0.05) is 35.9 Å².